The molecule has 2 aromatic carbocycles. The third-order valence-corrected chi connectivity index (χ3v) is 5.41. The van der Waals surface area contributed by atoms with Crippen LogP contribution in [0.5, 0.6) is 0 Å². The largest absolute Gasteiger partial charge is 0.360 e. The highest BCUT2D eigenvalue weighted by Crippen LogP contribution is 2.29. The Morgan fingerprint density at radius 1 is 1.11 bits per heavy atom. The van der Waals surface area contributed by atoms with Gasteiger partial charge in [-0.3, -0.25) is 9.59 Å². The van der Waals surface area contributed by atoms with Crippen LogP contribution >= 0.6 is 0 Å². The second kappa shape index (κ2) is 8.46. The summed E-state index contributed by atoms with van der Waals surface area (Å²) in [6.45, 7) is 8.71. The van der Waals surface area contributed by atoms with Gasteiger partial charge in [0.05, 0.1) is 6.54 Å². The van der Waals surface area contributed by atoms with Gasteiger partial charge in [-0.05, 0) is 63.3 Å². The van der Waals surface area contributed by atoms with E-state index in [9.17, 15) is 9.59 Å². The SMILES string of the molecule is Cc1ccc2c(c1)CCCN2[C@H](C)C(=O)NCC(=O)Nc1c(C)cccc1C. The van der Waals surface area contributed by atoms with E-state index in [-0.39, 0.29) is 24.4 Å². The summed E-state index contributed by atoms with van der Waals surface area (Å²) in [6, 6.07) is 11.9. The minimum absolute atomic E-state index is 0.0362. The van der Waals surface area contributed by atoms with Crippen LogP contribution in [0.1, 0.15) is 35.6 Å². The normalized spacial score (nSPS) is 14.2. The Labute approximate surface area is 167 Å². The Morgan fingerprint density at radius 3 is 2.54 bits per heavy atom. The van der Waals surface area contributed by atoms with Crippen LogP contribution in [0.2, 0.25) is 0 Å². The molecule has 0 saturated carbocycles. The smallest absolute Gasteiger partial charge is 0.243 e. The van der Waals surface area contributed by atoms with Crippen LogP contribution in [0.3, 0.4) is 0 Å². The molecular formula is C23H29N3O2. The Hall–Kier alpha value is -2.82. The summed E-state index contributed by atoms with van der Waals surface area (Å²) in [5.41, 5.74) is 6.48. The van der Waals surface area contributed by atoms with Crippen LogP contribution in [-0.2, 0) is 16.0 Å². The molecule has 0 unspecified atom stereocenters. The van der Waals surface area contributed by atoms with E-state index < -0.39 is 0 Å². The van der Waals surface area contributed by atoms with E-state index in [2.05, 4.69) is 40.7 Å². The zero-order valence-electron chi connectivity index (χ0n) is 17.1. The van der Waals surface area contributed by atoms with Crippen LogP contribution in [0.25, 0.3) is 0 Å². The Bertz CT molecular complexity index is 871. The minimum atomic E-state index is -0.324. The molecule has 1 heterocycles. The van der Waals surface area contributed by atoms with E-state index in [4.69, 9.17) is 0 Å². The number of benzene rings is 2. The first-order valence-electron chi connectivity index (χ1n) is 9.87. The van der Waals surface area contributed by atoms with Crippen LogP contribution in [0.15, 0.2) is 36.4 Å². The van der Waals surface area contributed by atoms with E-state index in [0.717, 1.165) is 41.9 Å². The van der Waals surface area contributed by atoms with Gasteiger partial charge in [-0.25, -0.2) is 0 Å². The lowest BCUT2D eigenvalue weighted by Crippen LogP contribution is -2.48. The van der Waals surface area contributed by atoms with Crippen molar-refractivity contribution in [2.75, 3.05) is 23.3 Å². The average molecular weight is 380 g/mol. The van der Waals surface area contributed by atoms with Crippen LogP contribution in [0.4, 0.5) is 11.4 Å². The number of aryl methyl sites for hydroxylation is 4. The molecule has 2 N–H and O–H groups in total. The van der Waals surface area contributed by atoms with Crippen molar-refractivity contribution in [1.82, 2.24) is 5.32 Å². The van der Waals surface area contributed by atoms with Gasteiger partial charge in [-0.15, -0.1) is 0 Å². The molecule has 0 aliphatic carbocycles. The van der Waals surface area contributed by atoms with E-state index in [0.29, 0.717) is 0 Å². The van der Waals surface area contributed by atoms with Crippen molar-refractivity contribution in [2.24, 2.45) is 0 Å². The molecule has 0 spiro atoms. The van der Waals surface area contributed by atoms with Crippen LogP contribution in [-0.4, -0.2) is 30.9 Å². The van der Waals surface area contributed by atoms with Gasteiger partial charge in [0.25, 0.3) is 0 Å². The van der Waals surface area contributed by atoms with Crippen LogP contribution in [0, 0.1) is 20.8 Å². The summed E-state index contributed by atoms with van der Waals surface area (Å²) in [6.07, 6.45) is 2.07. The summed E-state index contributed by atoms with van der Waals surface area (Å²) in [4.78, 5) is 27.1. The Balaban J connectivity index is 1.60. The topological polar surface area (TPSA) is 61.4 Å². The molecule has 5 nitrogen and oxygen atoms in total. The first kappa shape index (κ1) is 19.9. The Kier molecular flexibility index (Phi) is 6.02. The average Bonchev–Trinajstić information content (AvgIpc) is 2.67. The molecule has 28 heavy (non-hydrogen) atoms. The van der Waals surface area contributed by atoms with Gasteiger partial charge in [0.15, 0.2) is 0 Å². The number of fused-ring (bicyclic) bond motifs is 1. The van der Waals surface area contributed by atoms with Crippen molar-refractivity contribution in [1.29, 1.82) is 0 Å². The van der Waals surface area contributed by atoms with Crippen molar-refractivity contribution >= 4 is 23.2 Å². The van der Waals surface area contributed by atoms with Crippen molar-refractivity contribution in [2.45, 2.75) is 46.6 Å². The summed E-state index contributed by atoms with van der Waals surface area (Å²) in [7, 11) is 0. The van der Waals surface area contributed by atoms with Crippen LogP contribution < -0.4 is 15.5 Å². The number of carbonyl (C=O) groups excluding carboxylic acids is 2. The van der Waals surface area contributed by atoms with Gasteiger partial charge in [0.1, 0.15) is 6.04 Å². The predicted octanol–water partition coefficient (Wildman–Crippen LogP) is 3.51. The van der Waals surface area contributed by atoms with Crippen molar-refractivity contribution in [3.63, 3.8) is 0 Å². The van der Waals surface area contributed by atoms with E-state index in [1.807, 2.05) is 39.0 Å². The lowest BCUT2D eigenvalue weighted by atomic mass is 9.98. The zero-order chi connectivity index (χ0) is 20.3. The molecule has 1 aliphatic rings. The fraction of sp³-hybridized carbons (Fsp3) is 0.391. The molecule has 1 atom stereocenters. The number of carbonyl (C=O) groups is 2. The molecule has 1 aliphatic heterocycles. The molecule has 2 amide bonds. The van der Waals surface area contributed by atoms with E-state index in [1.165, 1.54) is 11.1 Å². The molecule has 0 fully saturated rings. The first-order valence-corrected chi connectivity index (χ1v) is 9.87. The molecule has 3 rings (SSSR count). The highest BCUT2D eigenvalue weighted by molar-refractivity contribution is 5.96. The summed E-state index contributed by atoms with van der Waals surface area (Å²) < 4.78 is 0. The molecule has 0 saturated heterocycles. The van der Waals surface area contributed by atoms with Crippen molar-refractivity contribution < 1.29 is 9.59 Å². The van der Waals surface area contributed by atoms with Crippen molar-refractivity contribution in [3.8, 4) is 0 Å². The number of anilines is 2. The number of hydrogen-bond acceptors (Lipinski definition) is 3. The van der Waals surface area contributed by atoms with Gasteiger partial charge in [-0.2, -0.15) is 0 Å². The summed E-state index contributed by atoms with van der Waals surface area (Å²) >= 11 is 0. The second-order valence-corrected chi connectivity index (χ2v) is 7.64. The number of hydrogen-bond donors (Lipinski definition) is 2. The maximum absolute atomic E-state index is 12.7. The van der Waals surface area contributed by atoms with E-state index >= 15 is 0 Å². The number of amides is 2. The maximum Gasteiger partial charge on any atom is 0.243 e. The number of nitrogens with zero attached hydrogens (tertiary/aromatic N) is 1. The third-order valence-electron chi connectivity index (χ3n) is 5.41. The molecule has 0 aromatic heterocycles. The predicted molar refractivity (Wildman–Crippen MR) is 114 cm³/mol. The molecule has 0 bridgehead atoms. The molecule has 2 aromatic rings. The summed E-state index contributed by atoms with van der Waals surface area (Å²) in [5, 5.41) is 5.70. The van der Waals surface area contributed by atoms with Gasteiger partial charge in [-0.1, -0.05) is 35.9 Å². The maximum atomic E-state index is 12.7. The second-order valence-electron chi connectivity index (χ2n) is 7.64. The van der Waals surface area contributed by atoms with Gasteiger partial charge < -0.3 is 15.5 Å². The van der Waals surface area contributed by atoms with Crippen molar-refractivity contribution in [3.05, 3.63) is 58.7 Å². The summed E-state index contributed by atoms with van der Waals surface area (Å²) in [5.74, 6) is -0.349. The standard InChI is InChI=1S/C23H29N3O2/c1-15-10-11-20-19(13-15)9-6-12-26(20)18(4)23(28)24-14-21(27)25-22-16(2)7-5-8-17(22)3/h5,7-8,10-11,13,18H,6,9,12,14H2,1-4H3,(H,24,28)(H,25,27)/t18-/m1/s1. The van der Waals surface area contributed by atoms with Gasteiger partial charge in [0.2, 0.25) is 11.8 Å². The molecule has 5 heteroatoms. The lowest BCUT2D eigenvalue weighted by Gasteiger charge is -2.35. The molecule has 148 valence electrons. The number of rotatable bonds is 5. The number of para-hydroxylation sites is 1. The zero-order valence-corrected chi connectivity index (χ0v) is 17.1. The monoisotopic (exact) mass is 379 g/mol. The Morgan fingerprint density at radius 2 is 1.82 bits per heavy atom. The quantitative estimate of drug-likeness (QED) is 0.836. The fourth-order valence-electron chi connectivity index (χ4n) is 3.81. The fourth-order valence-corrected chi connectivity index (χ4v) is 3.81. The van der Waals surface area contributed by atoms with Gasteiger partial charge >= 0.3 is 0 Å². The lowest BCUT2D eigenvalue weighted by molar-refractivity contribution is -0.124. The third kappa shape index (κ3) is 4.35. The molecule has 0 radical (unpaired) electrons. The minimum Gasteiger partial charge on any atom is -0.360 e. The number of nitrogens with one attached hydrogen (secondary N) is 2. The van der Waals surface area contributed by atoms with Gasteiger partial charge in [0, 0.05) is 17.9 Å². The first-order chi connectivity index (χ1) is 13.4. The van der Waals surface area contributed by atoms with E-state index in [1.54, 1.807) is 0 Å². The highest BCUT2D eigenvalue weighted by Gasteiger charge is 2.26. The highest BCUT2D eigenvalue weighted by atomic mass is 16.2. The molecular weight excluding hydrogens is 350 g/mol.